The Kier molecular flexibility index (Phi) is 8.86. The minimum Gasteiger partial charge on any atom is -0.444 e. The van der Waals surface area contributed by atoms with Gasteiger partial charge in [-0.15, -0.1) is 0 Å². The van der Waals surface area contributed by atoms with Crippen molar-refractivity contribution in [2.24, 2.45) is 0 Å². The van der Waals surface area contributed by atoms with E-state index in [-0.39, 0.29) is 11.9 Å². The molecule has 6 heteroatoms. The van der Waals surface area contributed by atoms with Gasteiger partial charge in [-0.25, -0.2) is 9.18 Å². The molecular weight excluding hydrogens is 433 g/mol. The van der Waals surface area contributed by atoms with Gasteiger partial charge in [0.25, 0.3) is 0 Å². The molecular formula is C28H36FNO4. The van der Waals surface area contributed by atoms with E-state index < -0.39 is 11.7 Å². The molecule has 0 aromatic heterocycles. The second-order valence-corrected chi connectivity index (χ2v) is 9.61. The van der Waals surface area contributed by atoms with E-state index >= 15 is 4.39 Å². The third-order valence-corrected chi connectivity index (χ3v) is 5.61. The second-order valence-electron chi connectivity index (χ2n) is 9.61. The molecule has 1 heterocycles. The summed E-state index contributed by atoms with van der Waals surface area (Å²) in [6.07, 6.45) is 2.92. The van der Waals surface area contributed by atoms with Crippen LogP contribution in [0, 0.1) is 12.7 Å². The van der Waals surface area contributed by atoms with Gasteiger partial charge in [0.2, 0.25) is 0 Å². The van der Waals surface area contributed by atoms with Gasteiger partial charge in [-0.2, -0.15) is 0 Å². The van der Waals surface area contributed by atoms with Crippen LogP contribution >= 0.6 is 0 Å². The summed E-state index contributed by atoms with van der Waals surface area (Å²) in [6, 6.07) is 13.0. The van der Waals surface area contributed by atoms with Crippen molar-refractivity contribution in [3.05, 3.63) is 65.5 Å². The van der Waals surface area contributed by atoms with Crippen molar-refractivity contribution in [2.75, 3.05) is 33.4 Å². The molecule has 0 spiro atoms. The van der Waals surface area contributed by atoms with Crippen molar-refractivity contribution in [2.45, 2.75) is 52.2 Å². The minimum absolute atomic E-state index is 0.286. The van der Waals surface area contributed by atoms with Gasteiger partial charge in [0, 0.05) is 25.8 Å². The van der Waals surface area contributed by atoms with E-state index in [0.717, 1.165) is 35.1 Å². The summed E-state index contributed by atoms with van der Waals surface area (Å²) in [6.45, 7) is 9.36. The number of aryl methyl sites for hydroxylation is 1. The molecule has 1 aliphatic heterocycles. The number of morpholine rings is 1. The molecule has 0 N–H and O–H groups in total. The van der Waals surface area contributed by atoms with Crippen molar-refractivity contribution < 1.29 is 23.4 Å². The lowest BCUT2D eigenvalue weighted by Gasteiger charge is -2.35. The highest BCUT2D eigenvalue weighted by Crippen LogP contribution is 2.35. The Bertz CT molecular complexity index is 1010. The number of hydrogen-bond acceptors (Lipinski definition) is 4. The topological polar surface area (TPSA) is 48.0 Å². The molecule has 1 unspecified atom stereocenters. The van der Waals surface area contributed by atoms with Crippen molar-refractivity contribution in [3.8, 4) is 11.1 Å². The van der Waals surface area contributed by atoms with Crippen molar-refractivity contribution in [1.29, 1.82) is 0 Å². The number of carbonyl (C=O) groups is 1. The van der Waals surface area contributed by atoms with E-state index in [1.54, 1.807) is 18.1 Å². The molecule has 1 aliphatic rings. The van der Waals surface area contributed by atoms with Crippen molar-refractivity contribution in [3.63, 3.8) is 0 Å². The minimum atomic E-state index is -0.579. The average Bonchev–Trinajstić information content (AvgIpc) is 2.78. The Hall–Kier alpha value is -2.70. The van der Waals surface area contributed by atoms with Gasteiger partial charge in [0.05, 0.1) is 13.2 Å². The SMILES string of the molecule is COCCCC=C(c1cccc(F)c1-c1cccc(C)c1)C1CN(C(=O)OC(C)(C)C)CCO1. The van der Waals surface area contributed by atoms with E-state index in [0.29, 0.717) is 31.9 Å². The van der Waals surface area contributed by atoms with E-state index in [1.165, 1.54) is 6.07 Å². The molecule has 0 saturated carbocycles. The fourth-order valence-electron chi connectivity index (χ4n) is 4.09. The molecule has 184 valence electrons. The van der Waals surface area contributed by atoms with Gasteiger partial charge >= 0.3 is 6.09 Å². The van der Waals surface area contributed by atoms with Crippen LogP contribution < -0.4 is 0 Å². The zero-order valence-electron chi connectivity index (χ0n) is 20.9. The number of methoxy groups -OCH3 is 1. The molecule has 1 fully saturated rings. The summed E-state index contributed by atoms with van der Waals surface area (Å²) in [5.74, 6) is -0.286. The highest BCUT2D eigenvalue weighted by Gasteiger charge is 2.31. The van der Waals surface area contributed by atoms with Gasteiger partial charge in [-0.05, 0) is 63.3 Å². The van der Waals surface area contributed by atoms with E-state index in [9.17, 15) is 4.79 Å². The highest BCUT2D eigenvalue weighted by atomic mass is 19.1. The summed E-state index contributed by atoms with van der Waals surface area (Å²) >= 11 is 0. The molecule has 1 atom stereocenters. The number of carbonyl (C=O) groups excluding carboxylic acids is 1. The monoisotopic (exact) mass is 469 g/mol. The summed E-state index contributed by atoms with van der Waals surface area (Å²) < 4.78 is 32.2. The molecule has 5 nitrogen and oxygen atoms in total. The molecule has 34 heavy (non-hydrogen) atoms. The largest absolute Gasteiger partial charge is 0.444 e. The fourth-order valence-corrected chi connectivity index (χ4v) is 4.09. The maximum atomic E-state index is 15.3. The lowest BCUT2D eigenvalue weighted by molar-refractivity contribution is -0.0235. The third kappa shape index (κ3) is 6.90. The summed E-state index contributed by atoms with van der Waals surface area (Å²) in [7, 11) is 1.68. The Morgan fingerprint density at radius 2 is 2.00 bits per heavy atom. The standard InChI is InChI=1S/C28H36FNO4/c1-20-10-8-11-21(18-20)26-23(13-9-14-24(26)29)22(12-6-7-16-32-5)25-19-30(15-17-33-25)27(31)34-28(2,3)4/h8-14,18,25H,6-7,15-17,19H2,1-5H3. The van der Waals surface area contributed by atoms with Gasteiger partial charge in [-0.3, -0.25) is 0 Å². The number of halogens is 1. The van der Waals surface area contributed by atoms with Gasteiger partial charge < -0.3 is 19.1 Å². The second kappa shape index (κ2) is 11.6. The zero-order chi connectivity index (χ0) is 24.7. The van der Waals surface area contributed by atoms with E-state index in [4.69, 9.17) is 14.2 Å². The first kappa shape index (κ1) is 25.9. The number of amides is 1. The van der Waals surface area contributed by atoms with Crippen LogP contribution in [0.2, 0.25) is 0 Å². The first-order chi connectivity index (χ1) is 16.2. The van der Waals surface area contributed by atoms with E-state index in [1.807, 2.05) is 58.0 Å². The van der Waals surface area contributed by atoms with Crippen molar-refractivity contribution in [1.82, 2.24) is 4.90 Å². The van der Waals surface area contributed by atoms with Gasteiger partial charge in [0.15, 0.2) is 0 Å². The van der Waals surface area contributed by atoms with Crippen LogP contribution in [0.15, 0.2) is 48.5 Å². The predicted octanol–water partition coefficient (Wildman–Crippen LogP) is 6.25. The Morgan fingerprint density at radius 1 is 1.24 bits per heavy atom. The average molecular weight is 470 g/mol. The Balaban J connectivity index is 1.99. The van der Waals surface area contributed by atoms with Crippen LogP contribution in [-0.2, 0) is 14.2 Å². The summed E-state index contributed by atoms with van der Waals surface area (Å²) in [5.41, 5.74) is 3.49. The van der Waals surface area contributed by atoms with Crippen LogP contribution in [0.1, 0.15) is 44.7 Å². The number of nitrogens with zero attached hydrogens (tertiary/aromatic N) is 1. The Morgan fingerprint density at radius 3 is 2.71 bits per heavy atom. The molecule has 0 aliphatic carbocycles. The zero-order valence-corrected chi connectivity index (χ0v) is 20.9. The molecule has 0 radical (unpaired) electrons. The summed E-state index contributed by atoms with van der Waals surface area (Å²) in [4.78, 5) is 14.4. The van der Waals surface area contributed by atoms with Crippen LogP contribution in [0.25, 0.3) is 16.7 Å². The molecule has 3 rings (SSSR count). The first-order valence-electron chi connectivity index (χ1n) is 11.8. The van der Waals surface area contributed by atoms with Crippen LogP contribution in [0.5, 0.6) is 0 Å². The fraction of sp³-hybridized carbons (Fsp3) is 0.464. The quantitative estimate of drug-likeness (QED) is 0.450. The normalized spacial score (nSPS) is 17.1. The van der Waals surface area contributed by atoms with E-state index in [2.05, 4.69) is 6.08 Å². The van der Waals surface area contributed by atoms with Gasteiger partial charge in [0.1, 0.15) is 17.5 Å². The maximum Gasteiger partial charge on any atom is 0.410 e. The lowest BCUT2D eigenvalue weighted by atomic mass is 9.89. The van der Waals surface area contributed by atoms with Crippen LogP contribution in [-0.4, -0.2) is 56.1 Å². The third-order valence-electron chi connectivity index (χ3n) is 5.61. The van der Waals surface area contributed by atoms with Crippen molar-refractivity contribution >= 4 is 11.7 Å². The molecule has 1 amide bonds. The number of allylic oxidation sites excluding steroid dienone is 1. The van der Waals surface area contributed by atoms with Crippen LogP contribution in [0.4, 0.5) is 9.18 Å². The smallest absolute Gasteiger partial charge is 0.410 e. The lowest BCUT2D eigenvalue weighted by Crippen LogP contribution is -2.47. The highest BCUT2D eigenvalue weighted by molar-refractivity contribution is 5.84. The maximum absolute atomic E-state index is 15.3. The number of hydrogen-bond donors (Lipinski definition) is 0. The molecule has 2 aromatic rings. The first-order valence-corrected chi connectivity index (χ1v) is 11.8. The molecule has 2 aromatic carbocycles. The number of unbranched alkanes of at least 4 members (excludes halogenated alkanes) is 1. The number of ether oxygens (including phenoxy) is 3. The number of benzene rings is 2. The van der Waals surface area contributed by atoms with Gasteiger partial charge in [-0.1, -0.05) is 48.0 Å². The predicted molar refractivity (Wildman–Crippen MR) is 133 cm³/mol. The molecule has 0 bridgehead atoms. The number of rotatable bonds is 7. The summed E-state index contributed by atoms with van der Waals surface area (Å²) in [5, 5.41) is 0. The Labute approximate surface area is 202 Å². The van der Waals surface area contributed by atoms with Crippen LogP contribution in [0.3, 0.4) is 0 Å². The molecule has 1 saturated heterocycles.